The van der Waals surface area contributed by atoms with Crippen molar-refractivity contribution < 1.29 is 4.74 Å². The molecular weight excluding hydrogens is 194 g/mol. The predicted octanol–water partition coefficient (Wildman–Crippen LogP) is 2.55. The molecule has 0 amide bonds. The van der Waals surface area contributed by atoms with E-state index in [0.29, 0.717) is 6.61 Å². The van der Waals surface area contributed by atoms with Crippen LogP contribution in [0.5, 0.6) is 0 Å². The van der Waals surface area contributed by atoms with E-state index in [1.807, 2.05) is 12.1 Å². The SMILES string of the molecule is COC[C@@H](N)c1csc2ccccc12. The van der Waals surface area contributed by atoms with E-state index in [0.717, 1.165) is 0 Å². The number of nitrogens with two attached hydrogens (primary N) is 1. The quantitative estimate of drug-likeness (QED) is 0.839. The van der Waals surface area contributed by atoms with Gasteiger partial charge in [0.1, 0.15) is 0 Å². The maximum atomic E-state index is 6.00. The van der Waals surface area contributed by atoms with E-state index in [1.165, 1.54) is 15.6 Å². The lowest BCUT2D eigenvalue weighted by atomic mass is 10.1. The molecule has 1 aromatic heterocycles. The molecule has 0 aliphatic carbocycles. The predicted molar refractivity (Wildman–Crippen MR) is 60.6 cm³/mol. The molecule has 0 saturated carbocycles. The molecule has 2 aromatic rings. The summed E-state index contributed by atoms with van der Waals surface area (Å²) in [7, 11) is 1.68. The average Bonchev–Trinajstić information content (AvgIpc) is 2.61. The zero-order valence-electron chi connectivity index (χ0n) is 8.07. The van der Waals surface area contributed by atoms with Gasteiger partial charge in [0.25, 0.3) is 0 Å². The van der Waals surface area contributed by atoms with Crippen molar-refractivity contribution in [3.05, 3.63) is 35.2 Å². The largest absolute Gasteiger partial charge is 0.383 e. The van der Waals surface area contributed by atoms with Crippen LogP contribution in [0.3, 0.4) is 0 Å². The van der Waals surface area contributed by atoms with Gasteiger partial charge in [-0.1, -0.05) is 18.2 Å². The van der Waals surface area contributed by atoms with Crippen molar-refractivity contribution in [1.82, 2.24) is 0 Å². The Morgan fingerprint density at radius 2 is 2.21 bits per heavy atom. The Kier molecular flexibility index (Phi) is 2.82. The summed E-state index contributed by atoms with van der Waals surface area (Å²) in [6.45, 7) is 0.570. The van der Waals surface area contributed by atoms with Crippen molar-refractivity contribution in [3.8, 4) is 0 Å². The van der Waals surface area contributed by atoms with E-state index in [1.54, 1.807) is 18.4 Å². The maximum Gasteiger partial charge on any atom is 0.0656 e. The second-order valence-electron chi connectivity index (χ2n) is 3.25. The van der Waals surface area contributed by atoms with Crippen molar-refractivity contribution in [1.29, 1.82) is 0 Å². The third kappa shape index (κ3) is 1.66. The van der Waals surface area contributed by atoms with Crippen LogP contribution < -0.4 is 5.73 Å². The third-order valence-corrected chi connectivity index (χ3v) is 3.24. The molecule has 0 aliphatic heterocycles. The van der Waals surface area contributed by atoms with Crippen molar-refractivity contribution >= 4 is 21.4 Å². The van der Waals surface area contributed by atoms with Crippen LogP contribution in [0.1, 0.15) is 11.6 Å². The van der Waals surface area contributed by atoms with Gasteiger partial charge in [-0.05, 0) is 22.4 Å². The summed E-state index contributed by atoms with van der Waals surface area (Å²) < 4.78 is 6.34. The number of rotatable bonds is 3. The number of hydrogen-bond donors (Lipinski definition) is 1. The number of methoxy groups -OCH3 is 1. The summed E-state index contributed by atoms with van der Waals surface area (Å²) >= 11 is 1.73. The minimum absolute atomic E-state index is 0.0175. The van der Waals surface area contributed by atoms with Gasteiger partial charge in [-0.2, -0.15) is 0 Å². The Morgan fingerprint density at radius 3 is 3.00 bits per heavy atom. The number of fused-ring (bicyclic) bond motifs is 1. The van der Waals surface area contributed by atoms with Gasteiger partial charge in [0, 0.05) is 11.8 Å². The van der Waals surface area contributed by atoms with Gasteiger partial charge < -0.3 is 10.5 Å². The standard InChI is InChI=1S/C11H13NOS/c1-13-6-10(12)9-7-14-11-5-3-2-4-8(9)11/h2-5,7,10H,6,12H2,1H3/t10-/m1/s1. The molecule has 0 bridgehead atoms. The van der Waals surface area contributed by atoms with Crippen LogP contribution in [0.25, 0.3) is 10.1 Å². The van der Waals surface area contributed by atoms with Crippen LogP contribution in [0.2, 0.25) is 0 Å². The first-order valence-corrected chi connectivity index (χ1v) is 5.41. The zero-order chi connectivity index (χ0) is 9.97. The first kappa shape index (κ1) is 9.65. The van der Waals surface area contributed by atoms with Crippen molar-refractivity contribution in [2.45, 2.75) is 6.04 Å². The Bertz CT molecular complexity index is 424. The lowest BCUT2D eigenvalue weighted by Gasteiger charge is -2.08. The van der Waals surface area contributed by atoms with Crippen LogP contribution >= 0.6 is 11.3 Å². The monoisotopic (exact) mass is 207 g/mol. The highest BCUT2D eigenvalue weighted by atomic mass is 32.1. The number of thiophene rings is 1. The van der Waals surface area contributed by atoms with E-state index in [4.69, 9.17) is 10.5 Å². The molecule has 1 heterocycles. The van der Waals surface area contributed by atoms with Gasteiger partial charge in [-0.25, -0.2) is 0 Å². The maximum absolute atomic E-state index is 6.00. The first-order valence-electron chi connectivity index (χ1n) is 4.53. The summed E-state index contributed by atoms with van der Waals surface area (Å²) in [4.78, 5) is 0. The fraction of sp³-hybridized carbons (Fsp3) is 0.273. The molecule has 2 N–H and O–H groups in total. The van der Waals surface area contributed by atoms with E-state index in [9.17, 15) is 0 Å². The van der Waals surface area contributed by atoms with Gasteiger partial charge >= 0.3 is 0 Å². The molecule has 0 fully saturated rings. The molecule has 0 aliphatic rings. The Balaban J connectivity index is 2.42. The molecule has 1 aromatic carbocycles. The first-order chi connectivity index (χ1) is 6.83. The molecule has 14 heavy (non-hydrogen) atoms. The Hall–Kier alpha value is -0.900. The number of benzene rings is 1. The van der Waals surface area contributed by atoms with Crippen LogP contribution in [-0.4, -0.2) is 13.7 Å². The molecule has 3 heteroatoms. The normalized spacial score (nSPS) is 13.3. The minimum atomic E-state index is -0.0175. The highest BCUT2D eigenvalue weighted by Gasteiger charge is 2.10. The highest BCUT2D eigenvalue weighted by molar-refractivity contribution is 7.17. The van der Waals surface area contributed by atoms with Crippen molar-refractivity contribution in [2.75, 3.05) is 13.7 Å². The second kappa shape index (κ2) is 4.09. The van der Waals surface area contributed by atoms with Crippen LogP contribution in [0, 0.1) is 0 Å². The Morgan fingerprint density at radius 1 is 1.43 bits per heavy atom. The Labute approximate surface area is 87.3 Å². The third-order valence-electron chi connectivity index (χ3n) is 2.26. The molecule has 74 valence electrons. The molecular formula is C11H13NOS. The molecule has 1 atom stereocenters. The van der Waals surface area contributed by atoms with E-state index in [2.05, 4.69) is 17.5 Å². The fourth-order valence-corrected chi connectivity index (χ4v) is 2.58. The molecule has 0 saturated heterocycles. The average molecular weight is 207 g/mol. The van der Waals surface area contributed by atoms with E-state index < -0.39 is 0 Å². The molecule has 2 nitrogen and oxygen atoms in total. The number of ether oxygens (including phenoxy) is 1. The van der Waals surface area contributed by atoms with Crippen LogP contribution in [-0.2, 0) is 4.74 Å². The van der Waals surface area contributed by atoms with Crippen molar-refractivity contribution in [2.24, 2.45) is 5.73 Å². The van der Waals surface area contributed by atoms with Crippen LogP contribution in [0.4, 0.5) is 0 Å². The molecule has 0 unspecified atom stereocenters. The summed E-state index contributed by atoms with van der Waals surface area (Å²) in [6, 6.07) is 8.29. The molecule has 2 rings (SSSR count). The van der Waals surface area contributed by atoms with Gasteiger partial charge in [-0.15, -0.1) is 11.3 Å². The fourth-order valence-electron chi connectivity index (χ4n) is 1.55. The molecule has 0 spiro atoms. The molecule has 0 radical (unpaired) electrons. The summed E-state index contributed by atoms with van der Waals surface area (Å²) in [5, 5.41) is 3.37. The van der Waals surface area contributed by atoms with Crippen LogP contribution in [0.15, 0.2) is 29.6 Å². The highest BCUT2D eigenvalue weighted by Crippen LogP contribution is 2.29. The van der Waals surface area contributed by atoms with Crippen molar-refractivity contribution in [3.63, 3.8) is 0 Å². The van der Waals surface area contributed by atoms with Gasteiger partial charge in [0.15, 0.2) is 0 Å². The zero-order valence-corrected chi connectivity index (χ0v) is 8.88. The van der Waals surface area contributed by atoms with Gasteiger partial charge in [-0.3, -0.25) is 0 Å². The van der Waals surface area contributed by atoms with E-state index >= 15 is 0 Å². The van der Waals surface area contributed by atoms with E-state index in [-0.39, 0.29) is 6.04 Å². The summed E-state index contributed by atoms with van der Waals surface area (Å²) in [5.74, 6) is 0. The summed E-state index contributed by atoms with van der Waals surface area (Å²) in [5.41, 5.74) is 7.19. The lowest BCUT2D eigenvalue weighted by molar-refractivity contribution is 0.181. The lowest BCUT2D eigenvalue weighted by Crippen LogP contribution is -2.15. The topological polar surface area (TPSA) is 35.2 Å². The van der Waals surface area contributed by atoms with Gasteiger partial charge in [0.05, 0.1) is 12.6 Å². The summed E-state index contributed by atoms with van der Waals surface area (Å²) in [6.07, 6.45) is 0. The minimum Gasteiger partial charge on any atom is -0.383 e. The van der Waals surface area contributed by atoms with Gasteiger partial charge in [0.2, 0.25) is 0 Å². The smallest absolute Gasteiger partial charge is 0.0656 e. The second-order valence-corrected chi connectivity index (χ2v) is 4.16. The number of hydrogen-bond acceptors (Lipinski definition) is 3.